The molecule has 22 heavy (non-hydrogen) atoms. The predicted octanol–water partition coefficient (Wildman–Crippen LogP) is 4.24. The minimum Gasteiger partial charge on any atom is -0.286 e. The first-order chi connectivity index (χ1) is 10.6. The molecule has 6 heteroatoms. The zero-order valence-electron chi connectivity index (χ0n) is 11.5. The number of benzene rings is 2. The van der Waals surface area contributed by atoms with Crippen LogP contribution in [0.3, 0.4) is 0 Å². The van der Waals surface area contributed by atoms with Crippen molar-refractivity contribution < 1.29 is 9.18 Å². The molecule has 1 fully saturated rings. The fourth-order valence-corrected chi connectivity index (χ4v) is 3.19. The first-order valence-electron chi connectivity index (χ1n) is 6.64. The first-order valence-corrected chi connectivity index (χ1v) is 8.00. The van der Waals surface area contributed by atoms with Crippen LogP contribution >= 0.6 is 23.4 Å². The maximum absolute atomic E-state index is 13.2. The van der Waals surface area contributed by atoms with Gasteiger partial charge in [0, 0.05) is 5.02 Å². The summed E-state index contributed by atoms with van der Waals surface area (Å²) in [5.74, 6) is -0.0487. The second-order valence-electron chi connectivity index (χ2n) is 4.73. The Morgan fingerprint density at radius 3 is 2.82 bits per heavy atom. The standard InChI is InChI=1S/C16H12ClFN2OS/c17-14-7-2-1-4-11(14)9-20-15(21)10-22-16(20)19-13-6-3-5-12(18)8-13/h1-8H,9-10H2. The van der Waals surface area contributed by atoms with Crippen molar-refractivity contribution in [1.82, 2.24) is 4.90 Å². The highest BCUT2D eigenvalue weighted by molar-refractivity contribution is 8.15. The van der Waals surface area contributed by atoms with Crippen LogP contribution in [-0.4, -0.2) is 21.7 Å². The number of rotatable bonds is 3. The van der Waals surface area contributed by atoms with Gasteiger partial charge < -0.3 is 0 Å². The third-order valence-electron chi connectivity index (χ3n) is 3.18. The van der Waals surface area contributed by atoms with Crippen molar-refractivity contribution >= 4 is 40.1 Å². The molecule has 2 aromatic carbocycles. The van der Waals surface area contributed by atoms with Gasteiger partial charge in [0.15, 0.2) is 5.17 Å². The molecule has 0 spiro atoms. The molecule has 1 aliphatic heterocycles. The lowest BCUT2D eigenvalue weighted by Gasteiger charge is -2.16. The largest absolute Gasteiger partial charge is 0.286 e. The molecule has 0 N–H and O–H groups in total. The molecule has 0 radical (unpaired) electrons. The van der Waals surface area contributed by atoms with Gasteiger partial charge in [0.25, 0.3) is 0 Å². The number of thioether (sulfide) groups is 1. The van der Waals surface area contributed by atoms with Crippen molar-refractivity contribution in [2.45, 2.75) is 6.54 Å². The molecule has 0 aromatic heterocycles. The molecule has 1 aliphatic rings. The summed E-state index contributed by atoms with van der Waals surface area (Å²) in [6.45, 7) is 0.361. The van der Waals surface area contributed by atoms with E-state index in [0.717, 1.165) is 5.56 Å². The third kappa shape index (κ3) is 3.31. The van der Waals surface area contributed by atoms with E-state index in [-0.39, 0.29) is 11.7 Å². The number of carbonyl (C=O) groups is 1. The number of aliphatic imine (C=N–C) groups is 1. The average molecular weight is 335 g/mol. The van der Waals surface area contributed by atoms with Gasteiger partial charge in [0.05, 0.1) is 18.0 Å². The van der Waals surface area contributed by atoms with Gasteiger partial charge in [-0.2, -0.15) is 0 Å². The van der Waals surface area contributed by atoms with E-state index >= 15 is 0 Å². The molecular formula is C16H12ClFN2OS. The molecule has 1 saturated heterocycles. The highest BCUT2D eigenvalue weighted by Gasteiger charge is 2.28. The molecule has 1 amide bonds. The fourth-order valence-electron chi connectivity index (χ4n) is 2.09. The van der Waals surface area contributed by atoms with Crippen molar-refractivity contribution in [3.8, 4) is 0 Å². The van der Waals surface area contributed by atoms with E-state index in [1.54, 1.807) is 23.1 Å². The molecule has 0 saturated carbocycles. The van der Waals surface area contributed by atoms with E-state index < -0.39 is 0 Å². The van der Waals surface area contributed by atoms with E-state index in [4.69, 9.17) is 11.6 Å². The van der Waals surface area contributed by atoms with Crippen molar-refractivity contribution in [2.75, 3.05) is 5.75 Å². The minimum absolute atomic E-state index is 0.0277. The summed E-state index contributed by atoms with van der Waals surface area (Å²) in [6.07, 6.45) is 0. The van der Waals surface area contributed by atoms with Crippen LogP contribution in [0.4, 0.5) is 10.1 Å². The Bertz CT molecular complexity index is 750. The molecule has 0 unspecified atom stereocenters. The maximum Gasteiger partial charge on any atom is 0.239 e. The van der Waals surface area contributed by atoms with Gasteiger partial charge in [-0.25, -0.2) is 9.38 Å². The van der Waals surface area contributed by atoms with Crippen LogP contribution in [0, 0.1) is 5.82 Å². The van der Waals surface area contributed by atoms with Crippen LogP contribution in [0.5, 0.6) is 0 Å². The van der Waals surface area contributed by atoms with Crippen molar-refractivity contribution in [1.29, 1.82) is 0 Å². The zero-order valence-corrected chi connectivity index (χ0v) is 13.1. The molecule has 0 atom stereocenters. The fraction of sp³-hybridized carbons (Fsp3) is 0.125. The smallest absolute Gasteiger partial charge is 0.239 e. The third-order valence-corrected chi connectivity index (χ3v) is 4.51. The lowest BCUT2D eigenvalue weighted by atomic mass is 10.2. The predicted molar refractivity (Wildman–Crippen MR) is 88.0 cm³/mol. The average Bonchev–Trinajstić information content (AvgIpc) is 2.83. The Hall–Kier alpha value is -1.85. The Labute approximate surface area is 136 Å². The normalized spacial score (nSPS) is 16.5. The van der Waals surface area contributed by atoms with Gasteiger partial charge in [-0.1, -0.05) is 47.6 Å². The van der Waals surface area contributed by atoms with Gasteiger partial charge in [0.1, 0.15) is 5.82 Å². The quantitative estimate of drug-likeness (QED) is 0.841. The Morgan fingerprint density at radius 1 is 1.23 bits per heavy atom. The summed E-state index contributed by atoms with van der Waals surface area (Å²) >= 11 is 7.49. The highest BCUT2D eigenvalue weighted by atomic mass is 35.5. The topological polar surface area (TPSA) is 32.7 Å². The van der Waals surface area contributed by atoms with Crippen LogP contribution in [-0.2, 0) is 11.3 Å². The number of halogens is 2. The number of amidine groups is 1. The molecule has 3 rings (SSSR count). The Balaban J connectivity index is 1.88. The lowest BCUT2D eigenvalue weighted by Crippen LogP contribution is -2.29. The second kappa shape index (κ2) is 6.50. The Morgan fingerprint density at radius 2 is 2.05 bits per heavy atom. The zero-order chi connectivity index (χ0) is 15.5. The van der Waals surface area contributed by atoms with Gasteiger partial charge in [0.2, 0.25) is 5.91 Å². The molecule has 112 valence electrons. The summed E-state index contributed by atoms with van der Waals surface area (Å²) in [5.41, 5.74) is 1.34. The molecule has 3 nitrogen and oxygen atoms in total. The van der Waals surface area contributed by atoms with Crippen molar-refractivity contribution in [2.24, 2.45) is 4.99 Å². The molecular weight excluding hydrogens is 323 g/mol. The number of nitrogens with zero attached hydrogens (tertiary/aromatic N) is 2. The first kappa shape index (κ1) is 15.1. The monoisotopic (exact) mass is 334 g/mol. The van der Waals surface area contributed by atoms with E-state index in [2.05, 4.69) is 4.99 Å². The SMILES string of the molecule is O=C1CSC(=Nc2cccc(F)c2)N1Cc1ccccc1Cl. The minimum atomic E-state index is -0.353. The van der Waals surface area contributed by atoms with E-state index in [0.29, 0.717) is 28.2 Å². The number of carbonyl (C=O) groups excluding carboxylic acids is 1. The summed E-state index contributed by atoms with van der Waals surface area (Å²) < 4.78 is 13.2. The van der Waals surface area contributed by atoms with Crippen LogP contribution in [0.25, 0.3) is 0 Å². The van der Waals surface area contributed by atoms with E-state index in [1.165, 1.54) is 23.9 Å². The summed E-state index contributed by atoms with van der Waals surface area (Å²) in [7, 11) is 0. The van der Waals surface area contributed by atoms with Gasteiger partial charge in [-0.05, 0) is 29.8 Å². The van der Waals surface area contributed by atoms with Crippen LogP contribution < -0.4 is 0 Å². The molecule has 1 heterocycles. The molecule has 0 aliphatic carbocycles. The van der Waals surface area contributed by atoms with E-state index in [1.807, 2.05) is 18.2 Å². The highest BCUT2D eigenvalue weighted by Crippen LogP contribution is 2.27. The summed E-state index contributed by atoms with van der Waals surface area (Å²) in [4.78, 5) is 18.0. The van der Waals surface area contributed by atoms with Crippen molar-refractivity contribution in [3.63, 3.8) is 0 Å². The Kier molecular flexibility index (Phi) is 4.45. The lowest BCUT2D eigenvalue weighted by molar-refractivity contribution is -0.124. The van der Waals surface area contributed by atoms with Gasteiger partial charge in [-0.15, -0.1) is 0 Å². The second-order valence-corrected chi connectivity index (χ2v) is 6.08. The number of amides is 1. The summed E-state index contributed by atoms with van der Waals surface area (Å²) in [5, 5.41) is 1.17. The van der Waals surface area contributed by atoms with Crippen molar-refractivity contribution in [3.05, 3.63) is 64.9 Å². The molecule has 2 aromatic rings. The summed E-state index contributed by atoms with van der Waals surface area (Å²) in [6, 6.07) is 13.4. The van der Waals surface area contributed by atoms with Gasteiger partial charge >= 0.3 is 0 Å². The molecule has 0 bridgehead atoms. The van der Waals surface area contributed by atoms with Gasteiger partial charge in [-0.3, -0.25) is 9.69 Å². The van der Waals surface area contributed by atoms with Crippen LogP contribution in [0.1, 0.15) is 5.56 Å². The van der Waals surface area contributed by atoms with E-state index in [9.17, 15) is 9.18 Å². The number of hydrogen-bond donors (Lipinski definition) is 0. The number of hydrogen-bond acceptors (Lipinski definition) is 3. The maximum atomic E-state index is 13.2. The van der Waals surface area contributed by atoms with Crippen LogP contribution in [0.15, 0.2) is 53.5 Å². The van der Waals surface area contributed by atoms with Crippen LogP contribution in [0.2, 0.25) is 5.02 Å².